The Morgan fingerprint density at radius 2 is 2.00 bits per heavy atom. The number of nitrogens with one attached hydrogen (secondary N) is 1. The highest BCUT2D eigenvalue weighted by molar-refractivity contribution is 5.29. The highest BCUT2D eigenvalue weighted by Crippen LogP contribution is 2.30. The molecule has 3 unspecified atom stereocenters. The van der Waals surface area contributed by atoms with Gasteiger partial charge in [0.2, 0.25) is 0 Å². The average molecular weight is 275 g/mol. The predicted octanol–water partition coefficient (Wildman–Crippen LogP) is 3.31. The van der Waals surface area contributed by atoms with E-state index in [1.807, 2.05) is 19.1 Å². The number of benzene rings is 1. The normalized spacial score (nSPS) is 30.4. The van der Waals surface area contributed by atoms with Crippen molar-refractivity contribution in [2.24, 2.45) is 5.92 Å². The van der Waals surface area contributed by atoms with E-state index in [4.69, 9.17) is 9.47 Å². The molecule has 1 saturated heterocycles. The first kappa shape index (κ1) is 13.9. The fourth-order valence-electron chi connectivity index (χ4n) is 3.39. The Hall–Kier alpha value is -1.06. The summed E-state index contributed by atoms with van der Waals surface area (Å²) in [7, 11) is 0. The zero-order valence-corrected chi connectivity index (χ0v) is 12.3. The van der Waals surface area contributed by atoms with Gasteiger partial charge in [0.1, 0.15) is 5.75 Å². The van der Waals surface area contributed by atoms with Crippen LogP contribution in [-0.2, 0) is 4.74 Å². The molecular formula is C17H25NO2. The molecule has 1 aliphatic heterocycles. The Kier molecular flexibility index (Phi) is 4.58. The van der Waals surface area contributed by atoms with Crippen LogP contribution in [0.3, 0.4) is 0 Å². The first-order chi connectivity index (χ1) is 9.86. The first-order valence-corrected chi connectivity index (χ1v) is 7.94. The predicted molar refractivity (Wildman–Crippen MR) is 80.1 cm³/mol. The molecule has 1 heterocycles. The van der Waals surface area contributed by atoms with Gasteiger partial charge < -0.3 is 14.8 Å². The van der Waals surface area contributed by atoms with Crippen LogP contribution in [0, 0.1) is 5.92 Å². The molecule has 1 saturated carbocycles. The fourth-order valence-corrected chi connectivity index (χ4v) is 3.39. The molecule has 20 heavy (non-hydrogen) atoms. The summed E-state index contributed by atoms with van der Waals surface area (Å²) in [6.45, 7) is 4.54. The Bertz CT molecular complexity index is 402. The van der Waals surface area contributed by atoms with Crippen LogP contribution >= 0.6 is 0 Å². The summed E-state index contributed by atoms with van der Waals surface area (Å²) in [4.78, 5) is 0. The maximum atomic E-state index is 6.16. The van der Waals surface area contributed by atoms with Crippen LogP contribution in [0.1, 0.15) is 44.3 Å². The summed E-state index contributed by atoms with van der Waals surface area (Å²) in [5, 5.41) is 3.72. The van der Waals surface area contributed by atoms with Crippen molar-refractivity contribution in [2.75, 3.05) is 19.8 Å². The Morgan fingerprint density at radius 1 is 1.20 bits per heavy atom. The van der Waals surface area contributed by atoms with Gasteiger partial charge in [-0.3, -0.25) is 0 Å². The molecule has 0 bridgehead atoms. The topological polar surface area (TPSA) is 30.5 Å². The first-order valence-electron chi connectivity index (χ1n) is 7.94. The fraction of sp³-hybridized carbons (Fsp3) is 0.647. The van der Waals surface area contributed by atoms with E-state index < -0.39 is 0 Å². The van der Waals surface area contributed by atoms with E-state index in [1.165, 1.54) is 31.2 Å². The van der Waals surface area contributed by atoms with Gasteiger partial charge in [-0.25, -0.2) is 0 Å². The minimum absolute atomic E-state index is 0.177. The molecule has 3 heteroatoms. The van der Waals surface area contributed by atoms with Crippen molar-refractivity contribution < 1.29 is 9.47 Å². The van der Waals surface area contributed by atoms with E-state index in [2.05, 4.69) is 17.4 Å². The highest BCUT2D eigenvalue weighted by atomic mass is 16.5. The molecule has 110 valence electrons. The Labute approximate surface area is 121 Å². The minimum atomic E-state index is 0.177. The van der Waals surface area contributed by atoms with Crippen molar-refractivity contribution in [2.45, 2.75) is 44.8 Å². The lowest BCUT2D eigenvalue weighted by atomic mass is 9.85. The van der Waals surface area contributed by atoms with Crippen LogP contribution in [0.5, 0.6) is 5.75 Å². The van der Waals surface area contributed by atoms with E-state index >= 15 is 0 Å². The van der Waals surface area contributed by atoms with Crippen LogP contribution < -0.4 is 10.1 Å². The smallest absolute Gasteiger partial charge is 0.119 e. The maximum Gasteiger partial charge on any atom is 0.119 e. The lowest BCUT2D eigenvalue weighted by molar-refractivity contribution is 0.0401. The van der Waals surface area contributed by atoms with Crippen LogP contribution in [0.2, 0.25) is 0 Å². The van der Waals surface area contributed by atoms with Crippen LogP contribution in [0.4, 0.5) is 0 Å². The zero-order valence-electron chi connectivity index (χ0n) is 12.3. The molecule has 0 spiro atoms. The van der Waals surface area contributed by atoms with Gasteiger partial charge in [-0.2, -0.15) is 0 Å². The monoisotopic (exact) mass is 275 g/mol. The number of hydrogen-bond acceptors (Lipinski definition) is 3. The molecule has 3 atom stereocenters. The lowest BCUT2D eigenvalue weighted by Gasteiger charge is -2.29. The van der Waals surface area contributed by atoms with E-state index in [-0.39, 0.29) is 6.10 Å². The maximum absolute atomic E-state index is 6.16. The Morgan fingerprint density at radius 3 is 2.80 bits per heavy atom. The molecule has 3 rings (SSSR count). The SMILES string of the molecule is CCOc1ccc(C2CNC3CCCCC3CO2)cc1. The second-order valence-electron chi connectivity index (χ2n) is 5.88. The minimum Gasteiger partial charge on any atom is -0.494 e. The van der Waals surface area contributed by atoms with Gasteiger partial charge in [-0.05, 0) is 43.4 Å². The van der Waals surface area contributed by atoms with Gasteiger partial charge in [0.05, 0.1) is 19.3 Å². The second kappa shape index (κ2) is 6.59. The summed E-state index contributed by atoms with van der Waals surface area (Å²) in [5.41, 5.74) is 1.25. The molecule has 0 radical (unpaired) electrons. The molecule has 2 aliphatic rings. The molecule has 3 nitrogen and oxygen atoms in total. The van der Waals surface area contributed by atoms with Gasteiger partial charge in [-0.1, -0.05) is 25.0 Å². The van der Waals surface area contributed by atoms with Gasteiger partial charge in [-0.15, -0.1) is 0 Å². The van der Waals surface area contributed by atoms with Crippen LogP contribution in [0.15, 0.2) is 24.3 Å². The average Bonchev–Trinajstić information content (AvgIpc) is 2.71. The van der Waals surface area contributed by atoms with Crippen molar-refractivity contribution in [1.29, 1.82) is 0 Å². The number of hydrogen-bond donors (Lipinski definition) is 1. The van der Waals surface area contributed by atoms with E-state index in [1.54, 1.807) is 0 Å². The zero-order chi connectivity index (χ0) is 13.8. The number of ether oxygens (including phenoxy) is 2. The standard InChI is InChI=1S/C17H25NO2/c1-2-19-15-9-7-13(8-10-15)17-11-18-16-6-4-3-5-14(16)12-20-17/h7-10,14,16-18H,2-6,11-12H2,1H3. The second-order valence-corrected chi connectivity index (χ2v) is 5.88. The molecule has 2 fully saturated rings. The van der Waals surface area contributed by atoms with Crippen molar-refractivity contribution in [3.63, 3.8) is 0 Å². The van der Waals surface area contributed by atoms with Crippen molar-refractivity contribution in [3.05, 3.63) is 29.8 Å². The summed E-state index contributed by atoms with van der Waals surface area (Å²) in [6, 6.07) is 9.01. The van der Waals surface area contributed by atoms with Gasteiger partial charge in [0.25, 0.3) is 0 Å². The van der Waals surface area contributed by atoms with Gasteiger partial charge in [0.15, 0.2) is 0 Å². The summed E-state index contributed by atoms with van der Waals surface area (Å²) in [6.07, 6.45) is 5.52. The molecule has 1 aromatic rings. The van der Waals surface area contributed by atoms with Crippen LogP contribution in [0.25, 0.3) is 0 Å². The lowest BCUT2D eigenvalue weighted by Crippen LogP contribution is -2.38. The molecule has 1 aliphatic carbocycles. The molecule has 0 aromatic heterocycles. The van der Waals surface area contributed by atoms with E-state index in [0.717, 1.165) is 18.9 Å². The summed E-state index contributed by atoms with van der Waals surface area (Å²) >= 11 is 0. The van der Waals surface area contributed by atoms with Gasteiger partial charge >= 0.3 is 0 Å². The number of rotatable bonds is 3. The van der Waals surface area contributed by atoms with Crippen LogP contribution in [-0.4, -0.2) is 25.8 Å². The van der Waals surface area contributed by atoms with E-state index in [0.29, 0.717) is 18.6 Å². The quantitative estimate of drug-likeness (QED) is 0.918. The third-order valence-corrected chi connectivity index (χ3v) is 4.55. The number of fused-ring (bicyclic) bond motifs is 1. The van der Waals surface area contributed by atoms with E-state index in [9.17, 15) is 0 Å². The summed E-state index contributed by atoms with van der Waals surface area (Å²) < 4.78 is 11.6. The third kappa shape index (κ3) is 3.15. The van der Waals surface area contributed by atoms with Crippen molar-refractivity contribution >= 4 is 0 Å². The molecular weight excluding hydrogens is 250 g/mol. The van der Waals surface area contributed by atoms with Gasteiger partial charge in [0, 0.05) is 12.6 Å². The molecule has 1 N–H and O–H groups in total. The van der Waals surface area contributed by atoms with Crippen molar-refractivity contribution in [3.8, 4) is 5.75 Å². The third-order valence-electron chi connectivity index (χ3n) is 4.55. The molecule has 1 aromatic carbocycles. The Balaban J connectivity index is 1.64. The highest BCUT2D eigenvalue weighted by Gasteiger charge is 2.29. The summed E-state index contributed by atoms with van der Waals surface area (Å²) in [5.74, 6) is 1.64. The van der Waals surface area contributed by atoms with Crippen molar-refractivity contribution in [1.82, 2.24) is 5.32 Å². The largest absolute Gasteiger partial charge is 0.494 e. The molecule has 0 amide bonds.